The van der Waals surface area contributed by atoms with Crippen molar-refractivity contribution in [1.82, 2.24) is 51.1 Å². The first kappa shape index (κ1) is 73.5. The van der Waals surface area contributed by atoms with E-state index in [1.807, 2.05) is 4.68 Å². The number of aryl methyl sites for hydroxylation is 3. The van der Waals surface area contributed by atoms with Gasteiger partial charge in [0, 0.05) is 103 Å². The molecule has 0 saturated heterocycles. The van der Waals surface area contributed by atoms with Crippen LogP contribution in [0.5, 0.6) is 5.75 Å². The van der Waals surface area contributed by atoms with Crippen LogP contribution in [0.2, 0.25) is 0 Å². The van der Waals surface area contributed by atoms with Crippen LogP contribution in [0.25, 0.3) is 10.9 Å². The number of nitrogens with one attached hydrogen (secondary N) is 8. The van der Waals surface area contributed by atoms with Crippen molar-refractivity contribution in [3.8, 4) is 5.75 Å². The maximum atomic E-state index is 13.5. The number of aromatic nitrogens is 4. The lowest BCUT2D eigenvalue weighted by molar-refractivity contribution is -0.193. The molecule has 0 aliphatic rings. The largest absolute Gasteiger partial charge is 0.494 e. The van der Waals surface area contributed by atoms with Gasteiger partial charge in [-0.1, -0.05) is 0 Å². The molecule has 0 aliphatic heterocycles. The van der Waals surface area contributed by atoms with Gasteiger partial charge in [-0.15, -0.1) is 0 Å². The number of aliphatic carboxylic acids is 1. The highest BCUT2D eigenvalue weighted by Crippen LogP contribution is 2.27. The number of imidazole rings is 1. The number of halogens is 6. The van der Waals surface area contributed by atoms with E-state index in [1.165, 1.54) is 26.2 Å². The van der Waals surface area contributed by atoms with Gasteiger partial charge in [0.15, 0.2) is 5.95 Å². The molecule has 4 rings (SSSR count). The highest BCUT2D eigenvalue weighted by atomic mass is 32.2. The van der Waals surface area contributed by atoms with Crippen molar-refractivity contribution >= 4 is 73.9 Å². The number of sulfonamides is 1. The van der Waals surface area contributed by atoms with E-state index in [2.05, 4.69) is 51.7 Å². The van der Waals surface area contributed by atoms with E-state index in [4.69, 9.17) is 23.7 Å². The number of nitrogens with zero attached hydrogens (tertiary/aromatic N) is 3. The number of anilines is 1. The highest BCUT2D eigenvalue weighted by Gasteiger charge is 2.54. The quantitative estimate of drug-likeness (QED) is 0.0175. The SMILES string of the molecule is COCCNC(=O)CC[C@@H](NC(C)=O)C(=O)NCCCOCCOCCOCCCNC(=O)CCCOc1cc(C)c(S(=O)(=O)N[C@@H](CNC(=O)c2ccc3c(cnn3CCCNc3ncc[nH]3)c2)C(=O)O)c(C)c1.O=C(C(=O)C(F)(F)F)C(F)(F)F. The van der Waals surface area contributed by atoms with Crippen LogP contribution in [0, 0.1) is 13.8 Å². The predicted octanol–water partition coefficient (Wildman–Crippen LogP) is 2.56. The summed E-state index contributed by atoms with van der Waals surface area (Å²) < 4.78 is 125. The monoisotopic (exact) mass is 1270 g/mol. The molecule has 4 aromatic rings. The molecule has 0 aliphatic carbocycles. The first-order chi connectivity index (χ1) is 41.1. The standard InChI is InChI=1S/C49H73N11O14S.C4F6O2/c1-34-29-39(74-23-5-9-43(62)50-15-7-21-71-25-27-73-28-26-72-22-8-16-52-47(65)40(58-36(3)61)11-13-44(63)51-19-24-70-4)30-35(2)45(34)75(68,69)59-41(48(66)67)33-56-46(64)37-10-12-42-38(31-37)32-57-60(42)20-6-14-53-49-54-17-18-55-49;5-3(6,7)1(11)2(12)4(8,9)10/h10,12,17-18,29-32,40-41,59H,5-9,11,13-16,19-28,33H2,1-4H3,(H,50,62)(H,51,63)(H,52,65)(H,56,64)(H,58,61)(H,66,67)(H2,53,54,55);/t40-,41+;/m1./s1. The minimum absolute atomic E-state index is 0.0795. The van der Waals surface area contributed by atoms with Gasteiger partial charge in [-0.25, -0.2) is 13.4 Å². The number of Topliss-reactive ketones (excluding diaryl/α,β-unsaturated/α-hetero) is 2. The lowest BCUT2D eigenvalue weighted by Crippen LogP contribution is -2.48. The number of rotatable bonds is 40. The fourth-order valence-corrected chi connectivity index (χ4v) is 9.38. The number of H-pyrrole nitrogens is 1. The number of ketones is 2. The van der Waals surface area contributed by atoms with Crippen LogP contribution in [-0.2, 0) is 69.1 Å². The van der Waals surface area contributed by atoms with Gasteiger partial charge >= 0.3 is 29.9 Å². The molecule has 5 amide bonds. The van der Waals surface area contributed by atoms with Gasteiger partial charge in [-0.3, -0.25) is 43.0 Å². The number of ether oxygens (including phenoxy) is 5. The Hall–Kier alpha value is -7.79. The van der Waals surface area contributed by atoms with Crippen LogP contribution in [0.4, 0.5) is 32.3 Å². The molecule has 2 atom stereocenters. The molecule has 2 aromatic heterocycles. The van der Waals surface area contributed by atoms with Crippen molar-refractivity contribution < 1.29 is 102 Å². The average Bonchev–Trinajstić information content (AvgIpc) is 2.97. The van der Waals surface area contributed by atoms with Crippen molar-refractivity contribution in [3.63, 3.8) is 0 Å². The predicted molar refractivity (Wildman–Crippen MR) is 298 cm³/mol. The molecular formula is C53H73F6N11O16S. The van der Waals surface area contributed by atoms with Crippen LogP contribution < -0.4 is 41.4 Å². The topological polar surface area (TPSA) is 368 Å². The van der Waals surface area contributed by atoms with E-state index in [-0.39, 0.29) is 60.0 Å². The molecule has 2 heterocycles. The molecule has 484 valence electrons. The molecule has 27 nitrogen and oxygen atoms in total. The van der Waals surface area contributed by atoms with Crippen molar-refractivity contribution in [2.45, 2.75) is 102 Å². The number of hydrogen-bond acceptors (Lipinski definition) is 18. The van der Waals surface area contributed by atoms with E-state index in [1.54, 1.807) is 50.6 Å². The molecule has 0 bridgehead atoms. The molecule has 87 heavy (non-hydrogen) atoms. The highest BCUT2D eigenvalue weighted by molar-refractivity contribution is 7.89. The summed E-state index contributed by atoms with van der Waals surface area (Å²) in [4.78, 5) is 99.9. The van der Waals surface area contributed by atoms with E-state index in [9.17, 15) is 78.2 Å². The van der Waals surface area contributed by atoms with Gasteiger partial charge in [0.25, 0.3) is 5.91 Å². The Kier molecular flexibility index (Phi) is 31.8. The Bertz CT molecular complexity index is 2940. The lowest BCUT2D eigenvalue weighted by atomic mass is 10.1. The van der Waals surface area contributed by atoms with Crippen LogP contribution in [0.3, 0.4) is 0 Å². The summed E-state index contributed by atoms with van der Waals surface area (Å²) >= 11 is 0. The average molecular weight is 1270 g/mol. The van der Waals surface area contributed by atoms with Crippen LogP contribution in [0.1, 0.15) is 73.4 Å². The minimum atomic E-state index is -5.77. The Morgan fingerprint density at radius 3 is 1.89 bits per heavy atom. The van der Waals surface area contributed by atoms with Crippen molar-refractivity contribution in [2.24, 2.45) is 0 Å². The number of hydrogen-bond donors (Lipinski definition) is 9. The number of carboxylic acids is 1. The summed E-state index contributed by atoms with van der Waals surface area (Å²) in [7, 11) is -2.84. The maximum absolute atomic E-state index is 13.5. The molecule has 0 radical (unpaired) electrons. The first-order valence-corrected chi connectivity index (χ1v) is 28.6. The summed E-state index contributed by atoms with van der Waals surface area (Å²) in [5, 5.41) is 31.6. The number of fused-ring (bicyclic) bond motifs is 1. The minimum Gasteiger partial charge on any atom is -0.494 e. The second-order valence-electron chi connectivity index (χ2n) is 18.9. The van der Waals surface area contributed by atoms with Crippen molar-refractivity contribution in [2.75, 3.05) is 98.0 Å². The zero-order valence-corrected chi connectivity index (χ0v) is 49.0. The fraction of sp³-hybridized carbons (Fsp3) is 0.547. The van der Waals surface area contributed by atoms with Gasteiger partial charge in [0.2, 0.25) is 33.7 Å². The van der Waals surface area contributed by atoms with Crippen molar-refractivity contribution in [1.29, 1.82) is 0 Å². The summed E-state index contributed by atoms with van der Waals surface area (Å²) in [6.07, 6.45) is -3.77. The smallest absolute Gasteiger partial charge is 0.458 e. The van der Waals surface area contributed by atoms with E-state index in [0.717, 1.165) is 11.9 Å². The van der Waals surface area contributed by atoms with Crippen molar-refractivity contribution in [3.05, 3.63) is 65.6 Å². The summed E-state index contributed by atoms with van der Waals surface area (Å²) in [5.41, 5.74) is 1.69. The molecular weight excluding hydrogens is 1190 g/mol. The molecule has 9 N–H and O–H groups in total. The number of carbonyl (C=O) groups is 8. The van der Waals surface area contributed by atoms with E-state index in [0.29, 0.717) is 126 Å². The normalized spacial score (nSPS) is 12.3. The number of benzene rings is 2. The lowest BCUT2D eigenvalue weighted by Gasteiger charge is -2.19. The zero-order valence-electron chi connectivity index (χ0n) is 48.2. The number of carboxylic acid groups (broad SMARTS) is 1. The van der Waals surface area contributed by atoms with Gasteiger partial charge in [-0.05, 0) is 87.4 Å². The number of amides is 5. The molecule has 34 heteroatoms. The summed E-state index contributed by atoms with van der Waals surface area (Å²) in [6, 6.07) is 5.53. The van der Waals surface area contributed by atoms with Crippen LogP contribution in [-0.4, -0.2) is 197 Å². The van der Waals surface area contributed by atoms with Gasteiger partial charge < -0.3 is 65.7 Å². The second-order valence-corrected chi connectivity index (χ2v) is 20.5. The summed E-state index contributed by atoms with van der Waals surface area (Å²) in [5.74, 6) is -8.95. The van der Waals surface area contributed by atoms with E-state index >= 15 is 0 Å². The Morgan fingerprint density at radius 1 is 0.713 bits per heavy atom. The number of aromatic amines is 1. The first-order valence-electron chi connectivity index (χ1n) is 27.1. The maximum Gasteiger partial charge on any atom is 0.458 e. The Labute approximate surface area is 496 Å². The third kappa shape index (κ3) is 28.1. The fourth-order valence-electron chi connectivity index (χ4n) is 7.74. The zero-order chi connectivity index (χ0) is 64.6. The number of methoxy groups -OCH3 is 1. The molecule has 0 unspecified atom stereocenters. The van der Waals surface area contributed by atoms with Gasteiger partial charge in [-0.2, -0.15) is 36.2 Å². The third-order valence-electron chi connectivity index (χ3n) is 11.8. The molecule has 0 spiro atoms. The number of alkyl halides is 6. The molecule has 0 fully saturated rings. The Morgan fingerprint density at radius 2 is 1.31 bits per heavy atom. The Balaban J connectivity index is 0.00000148. The van der Waals surface area contributed by atoms with Gasteiger partial charge in [0.05, 0.1) is 56.3 Å². The molecule has 0 saturated carbocycles. The van der Waals surface area contributed by atoms with E-state index < -0.39 is 64.4 Å². The second kappa shape index (κ2) is 37.7. The van der Waals surface area contributed by atoms with Gasteiger partial charge in [0.1, 0.15) is 17.8 Å². The summed E-state index contributed by atoms with van der Waals surface area (Å²) in [6.45, 7) is 9.14. The third-order valence-corrected chi connectivity index (χ3v) is 13.6. The number of carbonyl (C=O) groups excluding carboxylic acids is 7. The van der Waals surface area contributed by atoms with Crippen LogP contribution >= 0.6 is 0 Å². The van der Waals surface area contributed by atoms with Crippen LogP contribution in [0.15, 0.2) is 53.8 Å². The molecule has 2 aromatic carbocycles.